The molecule has 2 N–H and O–H groups in total. The lowest BCUT2D eigenvalue weighted by Gasteiger charge is -2.02. The van der Waals surface area contributed by atoms with Gasteiger partial charge in [-0.05, 0) is 13.8 Å². The van der Waals surface area contributed by atoms with Gasteiger partial charge in [0.1, 0.15) is 5.76 Å². The Morgan fingerprint density at radius 2 is 2.24 bits per heavy atom. The molecule has 1 amide bonds. The average Bonchev–Trinajstić information content (AvgIpc) is 2.81. The van der Waals surface area contributed by atoms with Gasteiger partial charge >= 0.3 is 0 Å². The zero-order chi connectivity index (χ0) is 12.4. The summed E-state index contributed by atoms with van der Waals surface area (Å²) in [5, 5.41) is 9.47. The number of hydrogen-bond donors (Lipinski definition) is 2. The second-order valence-electron chi connectivity index (χ2n) is 3.84. The van der Waals surface area contributed by atoms with E-state index >= 15 is 0 Å². The maximum atomic E-state index is 11.8. The Morgan fingerprint density at radius 1 is 1.47 bits per heavy atom. The molecule has 0 unspecified atom stereocenters. The first-order chi connectivity index (χ1) is 8.08. The normalized spacial score (nSPS) is 10.5. The first kappa shape index (κ1) is 11.4. The molecule has 17 heavy (non-hydrogen) atoms. The number of aromatic nitrogens is 3. The van der Waals surface area contributed by atoms with Crippen molar-refractivity contribution in [2.45, 2.75) is 27.3 Å². The Hall–Kier alpha value is -2.11. The van der Waals surface area contributed by atoms with E-state index in [2.05, 4.69) is 20.5 Å². The zero-order valence-electron chi connectivity index (χ0n) is 10.00. The van der Waals surface area contributed by atoms with E-state index in [1.807, 2.05) is 6.92 Å². The summed E-state index contributed by atoms with van der Waals surface area (Å²) in [6.45, 7) is 5.76. The number of hydrogen-bond acceptors (Lipinski definition) is 4. The Morgan fingerprint density at radius 3 is 2.76 bits per heavy atom. The summed E-state index contributed by atoms with van der Waals surface area (Å²) in [6.07, 6.45) is 1.69. The molecule has 2 rings (SSSR count). The molecule has 0 aromatic carbocycles. The van der Waals surface area contributed by atoms with Crippen LogP contribution in [0.25, 0.3) is 0 Å². The molecule has 0 aliphatic rings. The van der Waals surface area contributed by atoms with Crippen molar-refractivity contribution in [3.8, 4) is 0 Å². The van der Waals surface area contributed by atoms with Gasteiger partial charge in [0.2, 0.25) is 0 Å². The number of oxazole rings is 1. The van der Waals surface area contributed by atoms with Crippen LogP contribution in [0.3, 0.4) is 0 Å². The van der Waals surface area contributed by atoms with Crippen molar-refractivity contribution in [1.82, 2.24) is 20.5 Å². The van der Waals surface area contributed by atoms with Crippen LogP contribution in [0.1, 0.15) is 33.4 Å². The van der Waals surface area contributed by atoms with Crippen LogP contribution in [0.2, 0.25) is 0 Å². The molecule has 2 aromatic heterocycles. The zero-order valence-corrected chi connectivity index (χ0v) is 10.00. The fourth-order valence-corrected chi connectivity index (χ4v) is 1.55. The van der Waals surface area contributed by atoms with Crippen molar-refractivity contribution in [2.75, 3.05) is 0 Å². The number of H-pyrrole nitrogens is 1. The van der Waals surface area contributed by atoms with Gasteiger partial charge in [0, 0.05) is 24.7 Å². The summed E-state index contributed by atoms with van der Waals surface area (Å²) in [5.41, 5.74) is 2.23. The van der Waals surface area contributed by atoms with E-state index in [9.17, 15) is 4.79 Å². The highest BCUT2D eigenvalue weighted by Gasteiger charge is 2.15. The van der Waals surface area contributed by atoms with Crippen LogP contribution in [0.5, 0.6) is 0 Å². The van der Waals surface area contributed by atoms with Crippen molar-refractivity contribution in [2.24, 2.45) is 0 Å². The van der Waals surface area contributed by atoms with E-state index in [0.29, 0.717) is 23.9 Å². The topological polar surface area (TPSA) is 83.8 Å². The molecule has 0 radical (unpaired) electrons. The van der Waals surface area contributed by atoms with Gasteiger partial charge in [-0.15, -0.1) is 0 Å². The molecule has 2 heterocycles. The standard InChI is InChI=1S/C11H14N4O2/c1-6-9(5-13-15-6)4-12-11(16)10-7(2)17-8(3)14-10/h5H,4H2,1-3H3,(H,12,16)(H,13,15). The molecule has 0 aliphatic heterocycles. The highest BCUT2D eigenvalue weighted by atomic mass is 16.4. The van der Waals surface area contributed by atoms with Gasteiger partial charge in [-0.25, -0.2) is 4.98 Å². The lowest BCUT2D eigenvalue weighted by molar-refractivity contribution is 0.0945. The number of aromatic amines is 1. The van der Waals surface area contributed by atoms with Crippen LogP contribution in [-0.2, 0) is 6.54 Å². The first-order valence-corrected chi connectivity index (χ1v) is 5.29. The minimum atomic E-state index is -0.236. The third-order valence-corrected chi connectivity index (χ3v) is 2.49. The van der Waals surface area contributed by atoms with E-state index in [1.165, 1.54) is 0 Å². The quantitative estimate of drug-likeness (QED) is 0.837. The number of aryl methyl sites for hydroxylation is 3. The lowest BCUT2D eigenvalue weighted by Crippen LogP contribution is -2.24. The summed E-state index contributed by atoms with van der Waals surface area (Å²) >= 11 is 0. The SMILES string of the molecule is Cc1nc(C(=O)NCc2cn[nH]c2C)c(C)o1. The van der Waals surface area contributed by atoms with Crippen molar-refractivity contribution in [3.05, 3.63) is 34.8 Å². The molecule has 2 aromatic rings. The maximum absolute atomic E-state index is 11.8. The second kappa shape index (κ2) is 4.40. The number of rotatable bonds is 3. The van der Waals surface area contributed by atoms with Gasteiger partial charge in [0.05, 0.1) is 6.20 Å². The van der Waals surface area contributed by atoms with Crippen molar-refractivity contribution >= 4 is 5.91 Å². The molecular weight excluding hydrogens is 220 g/mol. The summed E-state index contributed by atoms with van der Waals surface area (Å²) in [7, 11) is 0. The number of nitrogens with zero attached hydrogens (tertiary/aromatic N) is 2. The molecule has 6 nitrogen and oxygen atoms in total. The summed E-state index contributed by atoms with van der Waals surface area (Å²) in [4.78, 5) is 15.9. The number of carbonyl (C=O) groups is 1. The number of amides is 1. The van der Waals surface area contributed by atoms with Crippen LogP contribution in [-0.4, -0.2) is 21.1 Å². The van der Waals surface area contributed by atoms with Crippen LogP contribution in [0.15, 0.2) is 10.6 Å². The minimum absolute atomic E-state index is 0.236. The van der Waals surface area contributed by atoms with Crippen molar-refractivity contribution < 1.29 is 9.21 Å². The molecule has 0 aliphatic carbocycles. The molecule has 0 bridgehead atoms. The predicted octanol–water partition coefficient (Wildman–Crippen LogP) is 1.25. The fraction of sp³-hybridized carbons (Fsp3) is 0.364. The van der Waals surface area contributed by atoms with E-state index in [1.54, 1.807) is 20.0 Å². The molecule has 0 saturated carbocycles. The molecule has 90 valence electrons. The van der Waals surface area contributed by atoms with Gasteiger partial charge in [0.25, 0.3) is 5.91 Å². The third kappa shape index (κ3) is 2.35. The van der Waals surface area contributed by atoms with Gasteiger partial charge in [-0.3, -0.25) is 9.89 Å². The maximum Gasteiger partial charge on any atom is 0.273 e. The molecule has 0 atom stereocenters. The van der Waals surface area contributed by atoms with Crippen LogP contribution in [0, 0.1) is 20.8 Å². The third-order valence-electron chi connectivity index (χ3n) is 2.49. The van der Waals surface area contributed by atoms with Crippen LogP contribution in [0.4, 0.5) is 0 Å². The fourth-order valence-electron chi connectivity index (χ4n) is 1.55. The second-order valence-corrected chi connectivity index (χ2v) is 3.84. The average molecular weight is 234 g/mol. The molecule has 6 heteroatoms. The largest absolute Gasteiger partial charge is 0.445 e. The van der Waals surface area contributed by atoms with Gasteiger partial charge < -0.3 is 9.73 Å². The van der Waals surface area contributed by atoms with Gasteiger partial charge in [-0.2, -0.15) is 5.10 Å². The number of nitrogens with one attached hydrogen (secondary N) is 2. The number of carbonyl (C=O) groups excluding carboxylic acids is 1. The summed E-state index contributed by atoms with van der Waals surface area (Å²) < 4.78 is 5.21. The lowest BCUT2D eigenvalue weighted by atomic mass is 10.2. The van der Waals surface area contributed by atoms with E-state index in [-0.39, 0.29) is 5.91 Å². The van der Waals surface area contributed by atoms with E-state index in [0.717, 1.165) is 11.3 Å². The Kier molecular flexibility index (Phi) is 2.95. The van der Waals surface area contributed by atoms with Crippen LogP contribution < -0.4 is 5.32 Å². The van der Waals surface area contributed by atoms with Gasteiger partial charge in [0.15, 0.2) is 11.6 Å². The monoisotopic (exact) mass is 234 g/mol. The molecule has 0 spiro atoms. The summed E-state index contributed by atoms with van der Waals surface area (Å²) in [6, 6.07) is 0. The van der Waals surface area contributed by atoms with Gasteiger partial charge in [-0.1, -0.05) is 0 Å². The van der Waals surface area contributed by atoms with Crippen molar-refractivity contribution in [3.63, 3.8) is 0 Å². The summed E-state index contributed by atoms with van der Waals surface area (Å²) in [5.74, 6) is 0.788. The highest BCUT2D eigenvalue weighted by Crippen LogP contribution is 2.09. The first-order valence-electron chi connectivity index (χ1n) is 5.29. The predicted molar refractivity (Wildman–Crippen MR) is 60.5 cm³/mol. The Balaban J connectivity index is 2.03. The highest BCUT2D eigenvalue weighted by molar-refractivity contribution is 5.93. The smallest absolute Gasteiger partial charge is 0.273 e. The Labute approximate surface area is 98.4 Å². The minimum Gasteiger partial charge on any atom is -0.445 e. The van der Waals surface area contributed by atoms with Crippen molar-refractivity contribution in [1.29, 1.82) is 0 Å². The van der Waals surface area contributed by atoms with E-state index < -0.39 is 0 Å². The molecular formula is C11H14N4O2. The van der Waals surface area contributed by atoms with Crippen LogP contribution >= 0.6 is 0 Å². The molecule has 0 saturated heterocycles. The van der Waals surface area contributed by atoms with E-state index in [4.69, 9.17) is 4.42 Å². The Bertz CT molecular complexity index is 541. The molecule has 0 fully saturated rings.